The first-order valence-electron chi connectivity index (χ1n) is 7.40. The maximum absolute atomic E-state index is 13.5. The van der Waals surface area contributed by atoms with Crippen molar-refractivity contribution in [3.63, 3.8) is 0 Å². The van der Waals surface area contributed by atoms with E-state index in [0.29, 0.717) is 23.3 Å². The van der Waals surface area contributed by atoms with Gasteiger partial charge in [-0.1, -0.05) is 5.16 Å². The van der Waals surface area contributed by atoms with Crippen molar-refractivity contribution >= 4 is 11.6 Å². The topological polar surface area (TPSA) is 64.4 Å². The molecular formula is C18H14F2N2O3. The molecule has 1 heterocycles. The van der Waals surface area contributed by atoms with Crippen molar-refractivity contribution in [1.29, 1.82) is 0 Å². The number of hydrogen-bond donors (Lipinski definition) is 1. The molecule has 7 heteroatoms. The summed E-state index contributed by atoms with van der Waals surface area (Å²) in [6.07, 6.45) is -0.101. The monoisotopic (exact) mass is 344 g/mol. The fourth-order valence-corrected chi connectivity index (χ4v) is 2.24. The number of ether oxygens (including phenoxy) is 1. The summed E-state index contributed by atoms with van der Waals surface area (Å²) in [6, 6.07) is 11.7. The third-order valence-electron chi connectivity index (χ3n) is 3.48. The molecule has 1 N–H and O–H groups in total. The van der Waals surface area contributed by atoms with E-state index >= 15 is 0 Å². The normalized spacial score (nSPS) is 10.5. The van der Waals surface area contributed by atoms with Gasteiger partial charge in [0.05, 0.1) is 24.9 Å². The molecule has 0 bridgehead atoms. The number of halogens is 2. The quantitative estimate of drug-likeness (QED) is 0.764. The highest BCUT2D eigenvalue weighted by Gasteiger charge is 2.13. The zero-order valence-electron chi connectivity index (χ0n) is 13.3. The minimum absolute atomic E-state index is 0.0923. The molecule has 0 saturated heterocycles. The van der Waals surface area contributed by atoms with Crippen LogP contribution in [0, 0.1) is 11.6 Å². The van der Waals surface area contributed by atoms with Crippen molar-refractivity contribution in [2.24, 2.45) is 0 Å². The van der Waals surface area contributed by atoms with Gasteiger partial charge in [0.1, 0.15) is 17.4 Å². The summed E-state index contributed by atoms with van der Waals surface area (Å²) in [4.78, 5) is 12.0. The molecule has 5 nitrogen and oxygen atoms in total. The van der Waals surface area contributed by atoms with E-state index in [1.807, 2.05) is 0 Å². The molecule has 0 unspecified atom stereocenters. The van der Waals surface area contributed by atoms with E-state index in [9.17, 15) is 13.6 Å². The number of anilines is 1. The van der Waals surface area contributed by atoms with Crippen LogP contribution in [0.3, 0.4) is 0 Å². The minimum atomic E-state index is -0.840. The van der Waals surface area contributed by atoms with Gasteiger partial charge in [-0.3, -0.25) is 4.79 Å². The van der Waals surface area contributed by atoms with Crippen LogP contribution in [0.2, 0.25) is 0 Å². The van der Waals surface area contributed by atoms with Crippen molar-refractivity contribution in [3.8, 4) is 17.1 Å². The van der Waals surface area contributed by atoms with Crippen LogP contribution in [0.4, 0.5) is 14.5 Å². The highest BCUT2D eigenvalue weighted by atomic mass is 19.1. The smallest absolute Gasteiger partial charge is 0.230 e. The Bertz CT molecular complexity index is 892. The third kappa shape index (κ3) is 4.00. The summed E-state index contributed by atoms with van der Waals surface area (Å²) in [6.45, 7) is 0. The zero-order valence-corrected chi connectivity index (χ0v) is 13.3. The van der Waals surface area contributed by atoms with E-state index in [0.717, 1.165) is 17.7 Å². The van der Waals surface area contributed by atoms with Crippen molar-refractivity contribution in [1.82, 2.24) is 5.16 Å². The first-order chi connectivity index (χ1) is 12.0. The number of hydrogen-bond acceptors (Lipinski definition) is 4. The van der Waals surface area contributed by atoms with E-state index in [4.69, 9.17) is 9.26 Å². The number of carbonyl (C=O) groups excluding carboxylic acids is 1. The van der Waals surface area contributed by atoms with Crippen molar-refractivity contribution in [2.45, 2.75) is 6.42 Å². The van der Waals surface area contributed by atoms with Gasteiger partial charge in [-0.25, -0.2) is 8.78 Å². The van der Waals surface area contributed by atoms with Crippen molar-refractivity contribution in [3.05, 3.63) is 65.9 Å². The van der Waals surface area contributed by atoms with Gasteiger partial charge in [0.2, 0.25) is 5.91 Å². The maximum atomic E-state index is 13.5. The molecule has 0 aliphatic carbocycles. The van der Waals surface area contributed by atoms with Gasteiger partial charge in [0.15, 0.2) is 5.76 Å². The van der Waals surface area contributed by atoms with Gasteiger partial charge < -0.3 is 14.6 Å². The molecule has 0 saturated carbocycles. The molecule has 1 aromatic heterocycles. The van der Waals surface area contributed by atoms with E-state index in [1.54, 1.807) is 37.4 Å². The average molecular weight is 344 g/mol. The second-order valence-electron chi connectivity index (χ2n) is 5.26. The Balaban J connectivity index is 1.67. The van der Waals surface area contributed by atoms with Crippen LogP contribution in [-0.4, -0.2) is 18.2 Å². The van der Waals surface area contributed by atoms with Crippen LogP contribution in [-0.2, 0) is 11.2 Å². The Labute approximate surface area is 142 Å². The number of benzene rings is 2. The number of amides is 1. The first-order valence-corrected chi connectivity index (χ1v) is 7.40. The molecule has 0 atom stereocenters. The van der Waals surface area contributed by atoms with Gasteiger partial charge in [-0.05, 0) is 36.4 Å². The number of nitrogens with zero attached hydrogens (tertiary/aromatic N) is 1. The Kier molecular flexibility index (Phi) is 4.74. The molecule has 0 aliphatic rings. The first kappa shape index (κ1) is 16.6. The number of nitrogens with one attached hydrogen (secondary N) is 1. The van der Waals surface area contributed by atoms with E-state index in [-0.39, 0.29) is 12.1 Å². The molecule has 0 aliphatic heterocycles. The highest BCUT2D eigenvalue weighted by molar-refractivity contribution is 5.92. The SMILES string of the molecule is COc1ccc(-c2cc(CC(=O)Nc3ccc(F)cc3F)no2)cc1. The number of aromatic nitrogens is 1. The maximum Gasteiger partial charge on any atom is 0.230 e. The van der Waals surface area contributed by atoms with Crippen LogP contribution in [0.1, 0.15) is 5.69 Å². The van der Waals surface area contributed by atoms with Crippen LogP contribution >= 0.6 is 0 Å². The summed E-state index contributed by atoms with van der Waals surface area (Å²) in [5.41, 5.74) is 1.08. The zero-order chi connectivity index (χ0) is 17.8. The standard InChI is InChI=1S/C18H14F2N2O3/c1-24-14-5-2-11(3-6-14)17-9-13(22-25-17)10-18(23)21-16-7-4-12(19)8-15(16)20/h2-9H,10H2,1H3,(H,21,23). The summed E-state index contributed by atoms with van der Waals surface area (Å²) in [5, 5.41) is 6.20. The van der Waals surface area contributed by atoms with Gasteiger partial charge in [-0.15, -0.1) is 0 Å². The molecular weight excluding hydrogens is 330 g/mol. The Morgan fingerprint density at radius 2 is 1.92 bits per heavy atom. The van der Waals surface area contributed by atoms with E-state index < -0.39 is 17.5 Å². The molecule has 2 aromatic carbocycles. The summed E-state index contributed by atoms with van der Waals surface area (Å²) >= 11 is 0. The van der Waals surface area contributed by atoms with Crippen LogP contribution in [0.25, 0.3) is 11.3 Å². The number of rotatable bonds is 5. The Hall–Kier alpha value is -3.22. The molecule has 0 radical (unpaired) electrons. The average Bonchev–Trinajstić information content (AvgIpc) is 3.06. The molecule has 3 rings (SSSR count). The number of methoxy groups -OCH3 is 1. The highest BCUT2D eigenvalue weighted by Crippen LogP contribution is 2.23. The van der Waals surface area contributed by atoms with Crippen LogP contribution < -0.4 is 10.1 Å². The molecule has 1 amide bonds. The van der Waals surface area contributed by atoms with E-state index in [2.05, 4.69) is 10.5 Å². The minimum Gasteiger partial charge on any atom is -0.497 e. The molecule has 0 fully saturated rings. The number of carbonyl (C=O) groups is 1. The Morgan fingerprint density at radius 3 is 2.60 bits per heavy atom. The second-order valence-corrected chi connectivity index (χ2v) is 5.26. The Morgan fingerprint density at radius 1 is 1.16 bits per heavy atom. The predicted molar refractivity (Wildman–Crippen MR) is 87.2 cm³/mol. The lowest BCUT2D eigenvalue weighted by Crippen LogP contribution is -2.15. The van der Waals surface area contributed by atoms with Crippen LogP contribution in [0.15, 0.2) is 53.1 Å². The largest absolute Gasteiger partial charge is 0.497 e. The van der Waals surface area contributed by atoms with Crippen LogP contribution in [0.5, 0.6) is 5.75 Å². The lowest BCUT2D eigenvalue weighted by atomic mass is 10.1. The van der Waals surface area contributed by atoms with Crippen molar-refractivity contribution < 1.29 is 22.8 Å². The fraction of sp³-hybridized carbons (Fsp3) is 0.111. The van der Waals surface area contributed by atoms with Crippen molar-refractivity contribution in [2.75, 3.05) is 12.4 Å². The van der Waals surface area contributed by atoms with Gasteiger partial charge in [0, 0.05) is 17.7 Å². The van der Waals surface area contributed by atoms with E-state index in [1.165, 1.54) is 0 Å². The van der Waals surface area contributed by atoms with Gasteiger partial charge >= 0.3 is 0 Å². The summed E-state index contributed by atoms with van der Waals surface area (Å²) < 4.78 is 36.7. The van der Waals surface area contributed by atoms with Gasteiger partial charge in [-0.2, -0.15) is 0 Å². The molecule has 25 heavy (non-hydrogen) atoms. The molecule has 0 spiro atoms. The fourth-order valence-electron chi connectivity index (χ4n) is 2.24. The lowest BCUT2D eigenvalue weighted by molar-refractivity contribution is -0.115. The molecule has 3 aromatic rings. The molecule has 128 valence electrons. The predicted octanol–water partition coefficient (Wildman–Crippen LogP) is 3.81. The third-order valence-corrected chi connectivity index (χ3v) is 3.48. The summed E-state index contributed by atoms with van der Waals surface area (Å²) in [7, 11) is 1.57. The summed E-state index contributed by atoms with van der Waals surface area (Å²) in [5.74, 6) is -0.828. The second kappa shape index (κ2) is 7.12. The van der Waals surface area contributed by atoms with Gasteiger partial charge in [0.25, 0.3) is 0 Å². The lowest BCUT2D eigenvalue weighted by Gasteiger charge is -2.04.